The summed E-state index contributed by atoms with van der Waals surface area (Å²) in [6.07, 6.45) is 0. The zero-order valence-corrected chi connectivity index (χ0v) is 16.0. The third-order valence-corrected chi connectivity index (χ3v) is 4.14. The number of nitrogens with one attached hydrogen (secondary N) is 1. The molecule has 0 aliphatic heterocycles. The number of hydrazone groups is 1. The summed E-state index contributed by atoms with van der Waals surface area (Å²) in [5, 5.41) is 4.41. The van der Waals surface area contributed by atoms with Crippen LogP contribution in [0.4, 0.5) is 0 Å². The molecule has 1 heterocycles. The molecule has 3 rings (SSSR count). The molecular formula is C20H19N3O6. The molecule has 0 bridgehead atoms. The Bertz CT molecular complexity index is 1150. The van der Waals surface area contributed by atoms with Gasteiger partial charge in [-0.1, -0.05) is 0 Å². The highest BCUT2D eigenvalue weighted by Crippen LogP contribution is 2.27. The Labute approximate surface area is 165 Å². The summed E-state index contributed by atoms with van der Waals surface area (Å²) in [4.78, 5) is 24.5. The Morgan fingerprint density at radius 3 is 2.45 bits per heavy atom. The Morgan fingerprint density at radius 2 is 1.76 bits per heavy atom. The quantitative estimate of drug-likeness (QED) is 0.281. The first-order chi connectivity index (χ1) is 14.0. The van der Waals surface area contributed by atoms with E-state index in [4.69, 9.17) is 24.4 Å². The molecule has 29 heavy (non-hydrogen) atoms. The lowest BCUT2D eigenvalue weighted by Crippen LogP contribution is -2.27. The zero-order chi connectivity index (χ0) is 21.0. The second-order valence-electron chi connectivity index (χ2n) is 5.86. The second kappa shape index (κ2) is 8.34. The first-order valence-corrected chi connectivity index (χ1v) is 8.44. The highest BCUT2D eigenvalue weighted by atomic mass is 16.5. The standard InChI is InChI=1S/C20H19N3O6/c1-26-13-5-7-15-12(8-13)9-14(20(25)29-15)18(21)22-23-19(24)11-4-6-16(27-2)17(10-11)28-3/h4-10H,1-3H3,(H2,21,22)(H,23,24). The molecule has 0 fully saturated rings. The largest absolute Gasteiger partial charge is 0.497 e. The molecule has 0 unspecified atom stereocenters. The van der Waals surface area contributed by atoms with E-state index in [0.717, 1.165) is 0 Å². The average molecular weight is 397 g/mol. The van der Waals surface area contributed by atoms with Crippen LogP contribution in [0.25, 0.3) is 11.0 Å². The SMILES string of the molecule is COc1ccc2oc(=O)c(/C(N)=N\NC(=O)c3ccc(OC)c(OC)c3)cc2c1. The fourth-order valence-electron chi connectivity index (χ4n) is 2.62. The van der Waals surface area contributed by atoms with E-state index in [9.17, 15) is 9.59 Å². The minimum absolute atomic E-state index is 0.0124. The predicted octanol–water partition coefficient (Wildman–Crippen LogP) is 1.87. The number of amides is 1. The number of methoxy groups -OCH3 is 3. The van der Waals surface area contributed by atoms with Crippen molar-refractivity contribution in [3.63, 3.8) is 0 Å². The molecule has 0 spiro atoms. The fraction of sp³-hybridized carbons (Fsp3) is 0.150. The van der Waals surface area contributed by atoms with E-state index in [-0.39, 0.29) is 17.0 Å². The van der Waals surface area contributed by atoms with Crippen LogP contribution in [-0.4, -0.2) is 33.1 Å². The van der Waals surface area contributed by atoms with E-state index in [0.29, 0.717) is 28.2 Å². The van der Waals surface area contributed by atoms with Gasteiger partial charge in [-0.05, 0) is 42.5 Å². The number of fused-ring (bicyclic) bond motifs is 1. The van der Waals surface area contributed by atoms with Gasteiger partial charge in [0, 0.05) is 10.9 Å². The number of amidine groups is 1. The van der Waals surface area contributed by atoms with Crippen molar-refractivity contribution in [3.05, 3.63) is 64.0 Å². The molecule has 2 aromatic carbocycles. The van der Waals surface area contributed by atoms with Gasteiger partial charge >= 0.3 is 5.63 Å². The lowest BCUT2D eigenvalue weighted by atomic mass is 10.1. The number of carbonyl (C=O) groups excluding carboxylic acids is 1. The maximum Gasteiger partial charge on any atom is 0.347 e. The van der Waals surface area contributed by atoms with Crippen molar-refractivity contribution in [1.82, 2.24) is 5.43 Å². The van der Waals surface area contributed by atoms with Crippen LogP contribution in [0.15, 0.2) is 56.8 Å². The summed E-state index contributed by atoms with van der Waals surface area (Å²) >= 11 is 0. The number of nitrogens with zero attached hydrogens (tertiary/aromatic N) is 1. The average Bonchev–Trinajstić information content (AvgIpc) is 2.75. The van der Waals surface area contributed by atoms with Crippen molar-refractivity contribution < 1.29 is 23.4 Å². The molecule has 1 aromatic heterocycles. The van der Waals surface area contributed by atoms with Crippen LogP contribution in [0.3, 0.4) is 0 Å². The summed E-state index contributed by atoms with van der Waals surface area (Å²) in [6, 6.07) is 11.1. The van der Waals surface area contributed by atoms with Crippen molar-refractivity contribution in [3.8, 4) is 17.2 Å². The van der Waals surface area contributed by atoms with Crippen molar-refractivity contribution >= 4 is 22.7 Å². The van der Waals surface area contributed by atoms with Gasteiger partial charge in [0.1, 0.15) is 16.9 Å². The minimum atomic E-state index is -0.677. The first kappa shape index (κ1) is 19.7. The van der Waals surface area contributed by atoms with E-state index >= 15 is 0 Å². The number of hydrogen-bond acceptors (Lipinski definition) is 7. The molecule has 9 nitrogen and oxygen atoms in total. The Hall–Kier alpha value is -4.01. The number of benzene rings is 2. The Morgan fingerprint density at radius 1 is 1.00 bits per heavy atom. The Kier molecular flexibility index (Phi) is 5.68. The van der Waals surface area contributed by atoms with Crippen LogP contribution in [0.5, 0.6) is 17.2 Å². The van der Waals surface area contributed by atoms with Gasteiger partial charge in [-0.15, -0.1) is 0 Å². The maximum absolute atomic E-state index is 12.3. The molecule has 0 atom stereocenters. The van der Waals surface area contributed by atoms with Crippen LogP contribution in [0, 0.1) is 0 Å². The summed E-state index contributed by atoms with van der Waals surface area (Å²) in [5.74, 6) is 0.727. The smallest absolute Gasteiger partial charge is 0.347 e. The topological polar surface area (TPSA) is 125 Å². The van der Waals surface area contributed by atoms with Gasteiger partial charge in [-0.3, -0.25) is 4.79 Å². The number of nitrogens with two attached hydrogens (primary N) is 1. The summed E-state index contributed by atoms with van der Waals surface area (Å²) in [7, 11) is 4.48. The van der Waals surface area contributed by atoms with E-state index in [1.165, 1.54) is 33.5 Å². The molecule has 150 valence electrons. The first-order valence-electron chi connectivity index (χ1n) is 8.44. The molecule has 0 saturated heterocycles. The minimum Gasteiger partial charge on any atom is -0.497 e. The fourth-order valence-corrected chi connectivity index (χ4v) is 2.62. The highest BCUT2D eigenvalue weighted by molar-refractivity contribution is 6.01. The van der Waals surface area contributed by atoms with Crippen LogP contribution in [-0.2, 0) is 0 Å². The summed E-state index contributed by atoms with van der Waals surface area (Å²) in [5.41, 5.74) is 8.18. The lowest BCUT2D eigenvalue weighted by Gasteiger charge is -2.09. The van der Waals surface area contributed by atoms with Gasteiger partial charge in [0.25, 0.3) is 5.91 Å². The molecule has 0 radical (unpaired) electrons. The van der Waals surface area contributed by atoms with Crippen LogP contribution >= 0.6 is 0 Å². The van der Waals surface area contributed by atoms with Gasteiger partial charge in [-0.2, -0.15) is 5.10 Å². The van der Waals surface area contributed by atoms with E-state index in [1.54, 1.807) is 30.3 Å². The molecule has 0 aliphatic carbocycles. The molecular weight excluding hydrogens is 378 g/mol. The normalized spacial score (nSPS) is 11.2. The van der Waals surface area contributed by atoms with Crippen LogP contribution < -0.4 is 31.0 Å². The molecule has 0 aliphatic rings. The Balaban J connectivity index is 1.86. The molecule has 3 aromatic rings. The van der Waals surface area contributed by atoms with Crippen molar-refractivity contribution in [2.45, 2.75) is 0 Å². The maximum atomic E-state index is 12.3. The van der Waals surface area contributed by atoms with Gasteiger partial charge < -0.3 is 24.4 Å². The number of carbonyl (C=O) groups is 1. The zero-order valence-electron chi connectivity index (χ0n) is 16.0. The van der Waals surface area contributed by atoms with Crippen molar-refractivity contribution in [2.75, 3.05) is 21.3 Å². The van der Waals surface area contributed by atoms with Gasteiger partial charge in [0.15, 0.2) is 17.3 Å². The second-order valence-corrected chi connectivity index (χ2v) is 5.86. The molecule has 3 N–H and O–H groups in total. The number of hydrogen-bond donors (Lipinski definition) is 2. The van der Waals surface area contributed by atoms with E-state index < -0.39 is 11.5 Å². The third kappa shape index (κ3) is 4.13. The summed E-state index contributed by atoms with van der Waals surface area (Å²) in [6.45, 7) is 0. The van der Waals surface area contributed by atoms with Gasteiger partial charge in [0.05, 0.1) is 21.3 Å². The van der Waals surface area contributed by atoms with Gasteiger partial charge in [-0.25, -0.2) is 10.2 Å². The van der Waals surface area contributed by atoms with Gasteiger partial charge in [0.2, 0.25) is 0 Å². The van der Waals surface area contributed by atoms with Crippen LogP contribution in [0.2, 0.25) is 0 Å². The summed E-state index contributed by atoms with van der Waals surface area (Å²) < 4.78 is 20.7. The highest BCUT2D eigenvalue weighted by Gasteiger charge is 2.13. The lowest BCUT2D eigenvalue weighted by molar-refractivity contribution is 0.0954. The van der Waals surface area contributed by atoms with Crippen molar-refractivity contribution in [1.29, 1.82) is 0 Å². The predicted molar refractivity (Wildman–Crippen MR) is 107 cm³/mol. The monoisotopic (exact) mass is 397 g/mol. The molecule has 1 amide bonds. The molecule has 0 saturated carbocycles. The van der Waals surface area contributed by atoms with Crippen LogP contribution in [0.1, 0.15) is 15.9 Å². The van der Waals surface area contributed by atoms with Crippen molar-refractivity contribution in [2.24, 2.45) is 10.8 Å². The molecule has 9 heteroatoms. The number of ether oxygens (including phenoxy) is 3. The number of rotatable bonds is 6. The van der Waals surface area contributed by atoms with E-state index in [1.807, 2.05) is 0 Å². The third-order valence-electron chi connectivity index (χ3n) is 4.14. The van der Waals surface area contributed by atoms with E-state index in [2.05, 4.69) is 10.5 Å².